The van der Waals surface area contributed by atoms with Crippen molar-refractivity contribution in [3.63, 3.8) is 0 Å². The summed E-state index contributed by atoms with van der Waals surface area (Å²) in [5.74, 6) is 0. The van der Waals surface area contributed by atoms with Crippen molar-refractivity contribution in [2.24, 2.45) is 10.8 Å². The smallest absolute Gasteiger partial charge is 0.0635 e. The molecule has 1 aliphatic rings. The molecule has 1 saturated carbocycles. The van der Waals surface area contributed by atoms with Crippen molar-refractivity contribution in [1.29, 1.82) is 0 Å². The molecule has 0 atom stereocenters. The maximum absolute atomic E-state index is 6.43. The number of hydrogen-bond acceptors (Lipinski definition) is 1. The molecule has 1 aliphatic carbocycles. The first-order valence-corrected chi connectivity index (χ1v) is 8.17. The molecule has 0 bridgehead atoms. The third-order valence-corrected chi connectivity index (χ3v) is 3.95. The third kappa shape index (κ3) is 7.34. The Kier molecular flexibility index (Phi) is 5.52. The first kappa shape index (κ1) is 17.0. The van der Waals surface area contributed by atoms with Crippen LogP contribution in [0.5, 0.6) is 0 Å². The van der Waals surface area contributed by atoms with E-state index in [1.807, 2.05) is 0 Å². The maximum atomic E-state index is 6.43. The maximum Gasteiger partial charge on any atom is 0.0635 e. The van der Waals surface area contributed by atoms with Gasteiger partial charge in [0.2, 0.25) is 0 Å². The van der Waals surface area contributed by atoms with Gasteiger partial charge in [0, 0.05) is 0 Å². The Morgan fingerprint density at radius 2 is 1.32 bits per heavy atom. The normalized spacial score (nSPS) is 19.7. The summed E-state index contributed by atoms with van der Waals surface area (Å²) in [5.41, 5.74) is 0.748. The fraction of sp³-hybridized carbons (Fsp3) is 1.00. The molecule has 0 heterocycles. The molecule has 0 unspecified atom stereocenters. The minimum Gasteiger partial charge on any atom is -0.372 e. The molecule has 19 heavy (non-hydrogen) atoms. The largest absolute Gasteiger partial charge is 0.372 e. The molecule has 0 N–H and O–H groups in total. The summed E-state index contributed by atoms with van der Waals surface area (Å²) in [5, 5.41) is 0. The molecule has 1 fully saturated rings. The monoisotopic (exact) mass is 268 g/mol. The van der Waals surface area contributed by atoms with Crippen molar-refractivity contribution in [1.82, 2.24) is 0 Å². The van der Waals surface area contributed by atoms with E-state index in [4.69, 9.17) is 4.74 Å². The van der Waals surface area contributed by atoms with E-state index < -0.39 is 0 Å². The summed E-state index contributed by atoms with van der Waals surface area (Å²) in [6.07, 6.45) is 9.54. The zero-order valence-electron chi connectivity index (χ0n) is 14.4. The van der Waals surface area contributed by atoms with E-state index in [0.717, 1.165) is 6.42 Å². The van der Waals surface area contributed by atoms with Gasteiger partial charge in [-0.05, 0) is 50.4 Å². The van der Waals surface area contributed by atoms with Crippen LogP contribution in [0.1, 0.15) is 93.4 Å². The Morgan fingerprint density at radius 3 is 1.79 bits per heavy atom. The van der Waals surface area contributed by atoms with Crippen molar-refractivity contribution in [2.75, 3.05) is 0 Å². The quantitative estimate of drug-likeness (QED) is 0.597. The first-order chi connectivity index (χ1) is 8.49. The zero-order valence-corrected chi connectivity index (χ0v) is 14.4. The van der Waals surface area contributed by atoms with E-state index in [1.165, 1.54) is 38.5 Å². The first-order valence-electron chi connectivity index (χ1n) is 8.17. The SMILES string of the molecule is CC(C)(C)CC(C)(C)CC(C)(C)OC1CCCCC1. The van der Waals surface area contributed by atoms with Crippen LogP contribution in [0, 0.1) is 10.8 Å². The molecular formula is C18H36O. The summed E-state index contributed by atoms with van der Waals surface area (Å²) in [6.45, 7) is 16.4. The second kappa shape index (κ2) is 6.16. The number of hydrogen-bond donors (Lipinski definition) is 0. The second-order valence-corrected chi connectivity index (χ2v) is 9.22. The van der Waals surface area contributed by atoms with Crippen molar-refractivity contribution < 1.29 is 4.74 Å². The van der Waals surface area contributed by atoms with Gasteiger partial charge in [-0.15, -0.1) is 0 Å². The van der Waals surface area contributed by atoms with Crippen LogP contribution in [0.3, 0.4) is 0 Å². The van der Waals surface area contributed by atoms with Gasteiger partial charge in [-0.2, -0.15) is 0 Å². The van der Waals surface area contributed by atoms with Crippen molar-refractivity contribution in [3.05, 3.63) is 0 Å². The molecule has 0 aromatic carbocycles. The van der Waals surface area contributed by atoms with Crippen LogP contribution in [0.4, 0.5) is 0 Å². The average Bonchev–Trinajstić information content (AvgIpc) is 2.11. The topological polar surface area (TPSA) is 9.23 Å². The number of ether oxygens (including phenoxy) is 1. The zero-order chi connectivity index (χ0) is 14.7. The molecule has 1 heteroatoms. The minimum atomic E-state index is 0.0107. The Balaban J connectivity index is 2.52. The Labute approximate surface area is 121 Å². The highest BCUT2D eigenvalue weighted by Crippen LogP contribution is 2.40. The molecule has 0 aliphatic heterocycles. The molecule has 114 valence electrons. The van der Waals surface area contributed by atoms with E-state index in [-0.39, 0.29) is 5.60 Å². The van der Waals surface area contributed by atoms with Gasteiger partial charge in [0.25, 0.3) is 0 Å². The molecule has 0 spiro atoms. The summed E-state index contributed by atoms with van der Waals surface area (Å²) in [4.78, 5) is 0. The summed E-state index contributed by atoms with van der Waals surface area (Å²) >= 11 is 0. The molecule has 0 saturated heterocycles. The van der Waals surface area contributed by atoms with Crippen LogP contribution in [-0.4, -0.2) is 11.7 Å². The third-order valence-electron chi connectivity index (χ3n) is 3.95. The van der Waals surface area contributed by atoms with Crippen molar-refractivity contribution >= 4 is 0 Å². The van der Waals surface area contributed by atoms with Crippen LogP contribution < -0.4 is 0 Å². The van der Waals surface area contributed by atoms with Crippen molar-refractivity contribution in [2.45, 2.75) is 105 Å². The van der Waals surface area contributed by atoms with Crippen LogP contribution in [0.2, 0.25) is 0 Å². The highest BCUT2D eigenvalue weighted by molar-refractivity contribution is 4.85. The van der Waals surface area contributed by atoms with Gasteiger partial charge in [0.15, 0.2) is 0 Å². The molecule has 1 nitrogen and oxygen atoms in total. The average molecular weight is 268 g/mol. The molecule has 0 aromatic heterocycles. The lowest BCUT2D eigenvalue weighted by molar-refractivity contribution is -0.106. The molecule has 0 radical (unpaired) electrons. The minimum absolute atomic E-state index is 0.0107. The standard InChI is InChI=1S/C18H36O/c1-16(2,3)13-17(4,5)14-18(6,7)19-15-11-9-8-10-12-15/h15H,8-14H2,1-7H3. The van der Waals surface area contributed by atoms with E-state index >= 15 is 0 Å². The highest BCUT2D eigenvalue weighted by atomic mass is 16.5. The van der Waals surface area contributed by atoms with Crippen LogP contribution in [0.25, 0.3) is 0 Å². The lowest BCUT2D eigenvalue weighted by atomic mass is 9.71. The van der Waals surface area contributed by atoms with Crippen LogP contribution >= 0.6 is 0 Å². The fourth-order valence-electron chi connectivity index (χ4n) is 4.33. The van der Waals surface area contributed by atoms with Gasteiger partial charge < -0.3 is 4.74 Å². The van der Waals surface area contributed by atoms with Crippen LogP contribution in [0.15, 0.2) is 0 Å². The fourth-order valence-corrected chi connectivity index (χ4v) is 4.33. The van der Waals surface area contributed by atoms with E-state index in [2.05, 4.69) is 48.5 Å². The predicted molar refractivity (Wildman–Crippen MR) is 84.5 cm³/mol. The van der Waals surface area contributed by atoms with Gasteiger partial charge in [0.1, 0.15) is 0 Å². The summed E-state index contributed by atoms with van der Waals surface area (Å²) in [7, 11) is 0. The van der Waals surface area contributed by atoms with E-state index in [0.29, 0.717) is 16.9 Å². The van der Waals surface area contributed by atoms with Gasteiger partial charge in [-0.1, -0.05) is 53.9 Å². The van der Waals surface area contributed by atoms with E-state index in [1.54, 1.807) is 0 Å². The summed E-state index contributed by atoms with van der Waals surface area (Å²) in [6, 6.07) is 0. The van der Waals surface area contributed by atoms with Crippen molar-refractivity contribution in [3.8, 4) is 0 Å². The van der Waals surface area contributed by atoms with Gasteiger partial charge in [-0.25, -0.2) is 0 Å². The van der Waals surface area contributed by atoms with Gasteiger partial charge in [0.05, 0.1) is 11.7 Å². The number of rotatable bonds is 5. The molecule has 0 amide bonds. The molecule has 0 aromatic rings. The predicted octanol–water partition coefficient (Wildman–Crippen LogP) is 5.97. The summed E-state index contributed by atoms with van der Waals surface area (Å²) < 4.78 is 6.43. The lowest BCUT2D eigenvalue weighted by Gasteiger charge is -2.41. The van der Waals surface area contributed by atoms with E-state index in [9.17, 15) is 0 Å². The molecule has 1 rings (SSSR count). The van der Waals surface area contributed by atoms with Crippen LogP contribution in [-0.2, 0) is 4.74 Å². The Bertz CT molecular complexity index is 264. The lowest BCUT2D eigenvalue weighted by Crippen LogP contribution is -2.37. The second-order valence-electron chi connectivity index (χ2n) is 9.22. The molecular weight excluding hydrogens is 232 g/mol. The highest BCUT2D eigenvalue weighted by Gasteiger charge is 2.34. The Morgan fingerprint density at radius 1 is 0.789 bits per heavy atom. The van der Waals surface area contributed by atoms with Gasteiger partial charge >= 0.3 is 0 Å². The van der Waals surface area contributed by atoms with Gasteiger partial charge in [-0.3, -0.25) is 0 Å². The Hall–Kier alpha value is -0.0400.